The van der Waals surface area contributed by atoms with E-state index < -0.39 is 60.5 Å². The maximum absolute atomic E-state index is 10.3. The minimum absolute atomic E-state index is 0.0374. The van der Waals surface area contributed by atoms with Crippen molar-refractivity contribution in [3.8, 4) is 0 Å². The molecule has 2 fully saturated rings. The Labute approximate surface area is 165 Å². The molecule has 166 valence electrons. The summed E-state index contributed by atoms with van der Waals surface area (Å²) in [7, 11) is 0. The lowest BCUT2D eigenvalue weighted by atomic mass is 9.77. The minimum Gasteiger partial charge on any atom is -0.391 e. The highest BCUT2D eigenvalue weighted by Gasteiger charge is 2.47. The van der Waals surface area contributed by atoms with Crippen molar-refractivity contribution in [2.24, 2.45) is 17.4 Å². The first-order valence-electron chi connectivity index (χ1n) is 9.90. The molecular weight excluding hydrogens is 370 g/mol. The van der Waals surface area contributed by atoms with Gasteiger partial charge in [-0.25, -0.2) is 0 Å². The van der Waals surface area contributed by atoms with E-state index in [4.69, 9.17) is 20.9 Å². The molecule has 10 N–H and O–H groups in total. The average molecular weight is 408 g/mol. The molecular formula is C18H37N3O7. The molecule has 0 aromatic heterocycles. The lowest BCUT2D eigenvalue weighted by Crippen LogP contribution is -2.66. The topological polar surface area (TPSA) is 184 Å². The minimum atomic E-state index is -1.34. The van der Waals surface area contributed by atoms with Gasteiger partial charge in [0.05, 0.1) is 31.0 Å². The first-order chi connectivity index (χ1) is 12.9. The van der Waals surface area contributed by atoms with Crippen LogP contribution in [-0.4, -0.2) is 99.2 Å². The first-order valence-corrected chi connectivity index (χ1v) is 9.90. The van der Waals surface area contributed by atoms with Gasteiger partial charge in [-0.2, -0.15) is 0 Å². The van der Waals surface area contributed by atoms with Crippen LogP contribution in [0.4, 0.5) is 0 Å². The van der Waals surface area contributed by atoms with Crippen LogP contribution in [0.25, 0.3) is 0 Å². The summed E-state index contributed by atoms with van der Waals surface area (Å²) in [6.07, 6.45) is -7.27. The van der Waals surface area contributed by atoms with E-state index in [-0.39, 0.29) is 13.0 Å². The van der Waals surface area contributed by atoms with Crippen LogP contribution in [-0.2, 0) is 9.47 Å². The Bertz CT molecular complexity index is 498. The summed E-state index contributed by atoms with van der Waals surface area (Å²) in [5, 5.41) is 53.6. The number of hydrogen-bond donors (Lipinski definition) is 8. The molecule has 28 heavy (non-hydrogen) atoms. The summed E-state index contributed by atoms with van der Waals surface area (Å²) >= 11 is 0. The van der Waals surface area contributed by atoms with Crippen molar-refractivity contribution in [3.05, 3.63) is 0 Å². The predicted octanol–water partition coefficient (Wildman–Crippen LogP) is -3.01. The fourth-order valence-electron chi connectivity index (χ4n) is 3.85. The molecule has 1 saturated carbocycles. The van der Waals surface area contributed by atoms with E-state index in [1.165, 1.54) is 6.92 Å². The van der Waals surface area contributed by atoms with Gasteiger partial charge in [-0.05, 0) is 32.2 Å². The quantitative estimate of drug-likeness (QED) is 0.216. The molecule has 10 atom stereocenters. The summed E-state index contributed by atoms with van der Waals surface area (Å²) in [4.78, 5) is 0. The third kappa shape index (κ3) is 5.60. The molecule has 2 rings (SSSR count). The van der Waals surface area contributed by atoms with Gasteiger partial charge >= 0.3 is 0 Å². The predicted molar refractivity (Wildman–Crippen MR) is 101 cm³/mol. The first kappa shape index (κ1) is 23.9. The molecule has 1 heterocycles. The van der Waals surface area contributed by atoms with Crippen molar-refractivity contribution in [1.82, 2.24) is 5.32 Å². The maximum Gasteiger partial charge on any atom is 0.175 e. The monoisotopic (exact) mass is 407 g/mol. The van der Waals surface area contributed by atoms with Crippen LogP contribution >= 0.6 is 0 Å². The Hall–Kier alpha value is -0.400. The van der Waals surface area contributed by atoms with Crippen LogP contribution in [0.3, 0.4) is 0 Å². The Balaban J connectivity index is 2.00. The molecule has 2 aliphatic rings. The number of aliphatic hydroxyl groups is 5. The van der Waals surface area contributed by atoms with Crippen LogP contribution in [0.2, 0.25) is 0 Å². The second-order valence-electron chi connectivity index (χ2n) is 8.82. The smallest absolute Gasteiger partial charge is 0.175 e. The highest BCUT2D eigenvalue weighted by atomic mass is 16.7. The molecule has 1 aliphatic heterocycles. The largest absolute Gasteiger partial charge is 0.391 e. The lowest BCUT2D eigenvalue weighted by Gasteiger charge is -2.46. The SMILES string of the molecule is CC(C)CNC1CC(N)(CO[C@H]2OC([C@@H](C)O)[C@@H](O)C(O)[C@@H]2N)C[C@H](O)[C@@H]1O. The van der Waals surface area contributed by atoms with Gasteiger partial charge in [0.2, 0.25) is 0 Å². The Kier molecular flexibility index (Phi) is 8.19. The molecule has 0 spiro atoms. The second-order valence-corrected chi connectivity index (χ2v) is 8.82. The third-order valence-electron chi connectivity index (χ3n) is 5.53. The van der Waals surface area contributed by atoms with Crippen LogP contribution < -0.4 is 16.8 Å². The molecule has 10 heteroatoms. The van der Waals surface area contributed by atoms with E-state index >= 15 is 0 Å². The summed E-state index contributed by atoms with van der Waals surface area (Å²) < 4.78 is 11.3. The van der Waals surface area contributed by atoms with E-state index in [2.05, 4.69) is 5.32 Å². The Morgan fingerprint density at radius 1 is 1.11 bits per heavy atom. The van der Waals surface area contributed by atoms with Crippen molar-refractivity contribution in [1.29, 1.82) is 0 Å². The van der Waals surface area contributed by atoms with E-state index in [0.717, 1.165) is 0 Å². The average Bonchev–Trinajstić information content (AvgIpc) is 2.60. The van der Waals surface area contributed by atoms with Gasteiger partial charge in [-0.1, -0.05) is 13.8 Å². The number of nitrogens with one attached hydrogen (secondary N) is 1. The number of nitrogens with two attached hydrogens (primary N) is 2. The fraction of sp³-hybridized carbons (Fsp3) is 1.00. The standard InChI is InChI=1S/C18H37N3O7/c1-8(2)6-21-10-4-18(20,5-11(23)13(10)24)7-27-17-12(19)14(25)15(26)16(28-17)9(3)22/h8-17,21-26H,4-7,19-20H2,1-3H3/t9-,10?,11+,12+,13-,14?,15+,16?,17+,18?/m1/s1. The molecule has 1 saturated heterocycles. The zero-order chi connectivity index (χ0) is 21.2. The highest BCUT2D eigenvalue weighted by Crippen LogP contribution is 2.30. The van der Waals surface area contributed by atoms with Gasteiger partial charge in [0, 0.05) is 11.6 Å². The van der Waals surface area contributed by atoms with Gasteiger partial charge in [-0.15, -0.1) is 0 Å². The summed E-state index contributed by atoms with van der Waals surface area (Å²) in [5.74, 6) is 0.369. The van der Waals surface area contributed by atoms with Gasteiger partial charge in [-0.3, -0.25) is 0 Å². The Morgan fingerprint density at radius 2 is 1.75 bits per heavy atom. The van der Waals surface area contributed by atoms with Gasteiger partial charge < -0.3 is 51.8 Å². The normalized spacial score (nSPS) is 46.0. The van der Waals surface area contributed by atoms with Crippen LogP contribution in [0.1, 0.15) is 33.6 Å². The molecule has 10 nitrogen and oxygen atoms in total. The number of hydrogen-bond acceptors (Lipinski definition) is 10. The van der Waals surface area contributed by atoms with Crippen molar-refractivity contribution in [3.63, 3.8) is 0 Å². The van der Waals surface area contributed by atoms with Gasteiger partial charge in [0.1, 0.15) is 18.3 Å². The number of ether oxygens (including phenoxy) is 2. The van der Waals surface area contributed by atoms with Crippen molar-refractivity contribution < 1.29 is 35.0 Å². The van der Waals surface area contributed by atoms with E-state index in [1.807, 2.05) is 13.8 Å². The molecule has 0 aromatic rings. The van der Waals surface area contributed by atoms with Crippen molar-refractivity contribution >= 4 is 0 Å². The molecule has 4 unspecified atom stereocenters. The summed E-state index contributed by atoms with van der Waals surface area (Å²) in [6.45, 7) is 6.14. The van der Waals surface area contributed by atoms with Gasteiger partial charge in [0.15, 0.2) is 6.29 Å². The number of rotatable bonds is 7. The summed E-state index contributed by atoms with van der Waals surface area (Å²) in [5.41, 5.74) is 11.4. The van der Waals surface area contributed by atoms with Crippen molar-refractivity contribution in [2.45, 2.75) is 94.1 Å². The number of aliphatic hydroxyl groups excluding tert-OH is 5. The Morgan fingerprint density at radius 3 is 2.32 bits per heavy atom. The molecule has 0 aromatic carbocycles. The highest BCUT2D eigenvalue weighted by molar-refractivity contribution is 5.02. The molecule has 0 radical (unpaired) electrons. The second kappa shape index (κ2) is 9.61. The van der Waals surface area contributed by atoms with Crippen LogP contribution in [0.15, 0.2) is 0 Å². The van der Waals surface area contributed by atoms with E-state index in [9.17, 15) is 25.5 Å². The molecule has 0 bridgehead atoms. The van der Waals surface area contributed by atoms with Gasteiger partial charge in [0.25, 0.3) is 0 Å². The fourth-order valence-corrected chi connectivity index (χ4v) is 3.85. The summed E-state index contributed by atoms with van der Waals surface area (Å²) in [6, 6.07) is -1.42. The van der Waals surface area contributed by atoms with E-state index in [1.54, 1.807) is 0 Å². The van der Waals surface area contributed by atoms with Crippen LogP contribution in [0.5, 0.6) is 0 Å². The van der Waals surface area contributed by atoms with Crippen LogP contribution in [0, 0.1) is 5.92 Å². The molecule has 0 amide bonds. The zero-order valence-corrected chi connectivity index (χ0v) is 16.8. The zero-order valence-electron chi connectivity index (χ0n) is 16.8. The van der Waals surface area contributed by atoms with Crippen molar-refractivity contribution in [2.75, 3.05) is 13.2 Å². The molecule has 1 aliphatic carbocycles. The maximum atomic E-state index is 10.3. The van der Waals surface area contributed by atoms with E-state index in [0.29, 0.717) is 18.9 Å². The lowest BCUT2D eigenvalue weighted by molar-refractivity contribution is -0.280. The third-order valence-corrected chi connectivity index (χ3v) is 5.53.